The minimum atomic E-state index is -0.0827. The molecule has 0 unspecified atom stereocenters. The molecule has 2 aromatic heterocycles. The van der Waals surface area contributed by atoms with Gasteiger partial charge in [-0.25, -0.2) is 4.98 Å². The van der Waals surface area contributed by atoms with Gasteiger partial charge in [0.2, 0.25) is 0 Å². The van der Waals surface area contributed by atoms with Crippen LogP contribution in [-0.4, -0.2) is 16.6 Å². The zero-order chi connectivity index (χ0) is 19.3. The number of nitrogens with one attached hydrogen (secondary N) is 1. The number of nitrogens with zero attached hydrogens (tertiary/aromatic N) is 1. The summed E-state index contributed by atoms with van der Waals surface area (Å²) in [5.41, 5.74) is 1.87. The number of aromatic nitrogens is 2. The molecule has 0 aliphatic rings. The fourth-order valence-electron chi connectivity index (χ4n) is 2.73. The molecule has 0 amide bonds. The van der Waals surface area contributed by atoms with Gasteiger partial charge in [0.05, 0.1) is 26.0 Å². The first kappa shape index (κ1) is 18.7. The number of benzene rings is 2. The van der Waals surface area contributed by atoms with E-state index in [-0.39, 0.29) is 5.56 Å². The van der Waals surface area contributed by atoms with Crippen molar-refractivity contribution in [1.82, 2.24) is 9.97 Å². The van der Waals surface area contributed by atoms with Crippen LogP contribution in [0.4, 0.5) is 0 Å². The summed E-state index contributed by atoms with van der Waals surface area (Å²) < 4.78 is 8.29. The van der Waals surface area contributed by atoms with Crippen LogP contribution in [0.1, 0.15) is 30.3 Å². The lowest BCUT2D eigenvalue weighted by molar-refractivity contribution is 0.309. The summed E-state index contributed by atoms with van der Waals surface area (Å²) in [6, 6.07) is 15.9. The van der Waals surface area contributed by atoms with Gasteiger partial charge in [-0.2, -0.15) is 0 Å². The van der Waals surface area contributed by atoms with E-state index in [2.05, 4.69) is 23.0 Å². The first-order chi connectivity index (χ1) is 13.7. The van der Waals surface area contributed by atoms with Gasteiger partial charge >= 0.3 is 0 Å². The second-order valence-corrected chi connectivity index (χ2v) is 8.51. The number of fused-ring (bicyclic) bond motifs is 1. The van der Waals surface area contributed by atoms with Gasteiger partial charge < -0.3 is 9.72 Å². The maximum Gasteiger partial charge on any atom is 0.266 e. The topological polar surface area (TPSA) is 55.0 Å². The summed E-state index contributed by atoms with van der Waals surface area (Å²) in [5.74, 6) is 0.857. The van der Waals surface area contributed by atoms with Gasteiger partial charge in [0.1, 0.15) is 10.8 Å². The number of hydrogen-bond donors (Lipinski definition) is 1. The van der Waals surface area contributed by atoms with Gasteiger partial charge in [-0.15, -0.1) is 22.7 Å². The van der Waals surface area contributed by atoms with E-state index in [9.17, 15) is 4.79 Å². The summed E-state index contributed by atoms with van der Waals surface area (Å²) in [6.07, 6.45) is 5.99. The molecule has 0 radical (unpaired) electrons. The van der Waals surface area contributed by atoms with E-state index in [0.717, 1.165) is 50.6 Å². The molecule has 6 heteroatoms. The van der Waals surface area contributed by atoms with Crippen molar-refractivity contribution in [1.29, 1.82) is 0 Å². The van der Waals surface area contributed by atoms with Crippen molar-refractivity contribution in [3.8, 4) is 5.75 Å². The first-order valence-electron chi connectivity index (χ1n) is 9.22. The van der Waals surface area contributed by atoms with Gasteiger partial charge in [0.15, 0.2) is 0 Å². The molecule has 4 nitrogen and oxygen atoms in total. The number of thiazole rings is 2. The fraction of sp³-hybridized carbons (Fsp3) is 0.182. The number of hydrogen-bond acceptors (Lipinski definition) is 5. The van der Waals surface area contributed by atoms with Crippen LogP contribution in [0.3, 0.4) is 0 Å². The van der Waals surface area contributed by atoms with E-state index in [1.807, 2.05) is 54.6 Å². The van der Waals surface area contributed by atoms with Gasteiger partial charge in [-0.05, 0) is 42.3 Å². The Kier molecular flexibility index (Phi) is 5.69. The lowest BCUT2D eigenvalue weighted by atomic mass is 10.2. The van der Waals surface area contributed by atoms with Crippen molar-refractivity contribution >= 4 is 45.0 Å². The molecular weight excluding hydrogens is 388 g/mol. The van der Waals surface area contributed by atoms with E-state index >= 15 is 0 Å². The summed E-state index contributed by atoms with van der Waals surface area (Å²) in [4.78, 5) is 19.8. The van der Waals surface area contributed by atoms with Crippen LogP contribution in [0.25, 0.3) is 22.4 Å². The highest BCUT2D eigenvalue weighted by molar-refractivity contribution is 7.19. The van der Waals surface area contributed by atoms with E-state index in [1.165, 1.54) is 11.3 Å². The summed E-state index contributed by atoms with van der Waals surface area (Å²) in [6.45, 7) is 2.87. The SMILES string of the molecule is CCCCOc1ccc(/C=c2\s/c(=C/c3nc4ccccc4s3)[nH]c2=O)cc1. The lowest BCUT2D eigenvalue weighted by Crippen LogP contribution is -2.19. The Morgan fingerprint density at radius 3 is 2.68 bits per heavy atom. The van der Waals surface area contributed by atoms with Crippen LogP contribution < -0.4 is 19.5 Å². The molecule has 4 aromatic rings. The van der Waals surface area contributed by atoms with E-state index < -0.39 is 0 Å². The predicted octanol–water partition coefficient (Wildman–Crippen LogP) is 3.88. The normalized spacial score (nSPS) is 12.8. The minimum absolute atomic E-state index is 0.0827. The quantitative estimate of drug-likeness (QED) is 0.493. The highest BCUT2D eigenvalue weighted by Gasteiger charge is 2.02. The van der Waals surface area contributed by atoms with Crippen molar-refractivity contribution in [3.05, 3.63) is 78.7 Å². The average Bonchev–Trinajstić information content (AvgIpc) is 3.26. The van der Waals surface area contributed by atoms with Crippen LogP contribution in [0.2, 0.25) is 0 Å². The molecule has 0 spiro atoms. The third-order valence-electron chi connectivity index (χ3n) is 4.19. The Morgan fingerprint density at radius 1 is 1.07 bits per heavy atom. The highest BCUT2D eigenvalue weighted by atomic mass is 32.1. The molecule has 28 heavy (non-hydrogen) atoms. The van der Waals surface area contributed by atoms with Crippen LogP contribution in [-0.2, 0) is 0 Å². The Bertz CT molecular complexity index is 1220. The number of H-pyrrole nitrogens is 1. The average molecular weight is 409 g/mol. The number of para-hydroxylation sites is 1. The molecule has 2 heterocycles. The third kappa shape index (κ3) is 4.40. The van der Waals surface area contributed by atoms with Crippen molar-refractivity contribution in [2.45, 2.75) is 19.8 Å². The monoisotopic (exact) mass is 408 g/mol. The van der Waals surface area contributed by atoms with Crippen LogP contribution in [0.5, 0.6) is 5.75 Å². The third-order valence-corrected chi connectivity index (χ3v) is 6.14. The smallest absolute Gasteiger partial charge is 0.266 e. The summed E-state index contributed by atoms with van der Waals surface area (Å²) >= 11 is 3.05. The van der Waals surface area contributed by atoms with Crippen molar-refractivity contribution < 1.29 is 4.74 Å². The molecule has 0 bridgehead atoms. The number of rotatable bonds is 6. The molecule has 0 saturated carbocycles. The van der Waals surface area contributed by atoms with E-state index in [0.29, 0.717) is 4.53 Å². The molecule has 0 saturated heterocycles. The van der Waals surface area contributed by atoms with E-state index in [1.54, 1.807) is 11.3 Å². The number of ether oxygens (including phenoxy) is 1. The Morgan fingerprint density at radius 2 is 1.89 bits per heavy atom. The standard InChI is InChI=1S/C22H20N2O2S2/c1-2-3-12-26-16-10-8-15(9-11-16)13-19-22(25)24-21(28-19)14-20-23-17-6-4-5-7-18(17)27-20/h4-11,13-14H,2-3,12H2,1H3,(H,24,25)/b19-13-,21-14+. The molecule has 0 atom stereocenters. The summed E-state index contributed by atoms with van der Waals surface area (Å²) in [5, 5.41) is 0.888. The summed E-state index contributed by atoms with van der Waals surface area (Å²) in [7, 11) is 0. The van der Waals surface area contributed by atoms with Crippen molar-refractivity contribution in [3.63, 3.8) is 0 Å². The lowest BCUT2D eigenvalue weighted by Gasteiger charge is -2.04. The maximum absolute atomic E-state index is 12.3. The minimum Gasteiger partial charge on any atom is -0.494 e. The van der Waals surface area contributed by atoms with Crippen molar-refractivity contribution in [2.24, 2.45) is 0 Å². The molecule has 2 aromatic carbocycles. The largest absolute Gasteiger partial charge is 0.494 e. The van der Waals surface area contributed by atoms with Gasteiger partial charge in [-0.3, -0.25) is 4.79 Å². The van der Waals surface area contributed by atoms with E-state index in [4.69, 9.17) is 4.74 Å². The van der Waals surface area contributed by atoms with Gasteiger partial charge in [-0.1, -0.05) is 37.6 Å². The molecular formula is C22H20N2O2S2. The second-order valence-electron chi connectivity index (χ2n) is 6.36. The Hall–Kier alpha value is -2.70. The maximum atomic E-state index is 12.3. The Balaban J connectivity index is 1.59. The second kappa shape index (κ2) is 8.54. The van der Waals surface area contributed by atoms with Gasteiger partial charge in [0, 0.05) is 6.08 Å². The Labute approximate surface area is 170 Å². The fourth-order valence-corrected chi connectivity index (χ4v) is 4.61. The van der Waals surface area contributed by atoms with Crippen LogP contribution in [0, 0.1) is 0 Å². The van der Waals surface area contributed by atoms with Crippen molar-refractivity contribution in [2.75, 3.05) is 6.61 Å². The molecule has 0 aliphatic heterocycles. The molecule has 0 aliphatic carbocycles. The molecule has 142 valence electrons. The highest BCUT2D eigenvalue weighted by Crippen LogP contribution is 2.21. The first-order valence-corrected chi connectivity index (χ1v) is 10.9. The van der Waals surface area contributed by atoms with Gasteiger partial charge in [0.25, 0.3) is 5.56 Å². The van der Waals surface area contributed by atoms with Crippen LogP contribution in [0.15, 0.2) is 53.3 Å². The molecule has 4 rings (SSSR count). The molecule has 0 fully saturated rings. The number of aromatic amines is 1. The van der Waals surface area contributed by atoms with Crippen LogP contribution >= 0.6 is 22.7 Å². The zero-order valence-corrected chi connectivity index (χ0v) is 17.1. The molecule has 1 N–H and O–H groups in total. The predicted molar refractivity (Wildman–Crippen MR) is 118 cm³/mol. The zero-order valence-electron chi connectivity index (χ0n) is 15.5. The number of unbranched alkanes of at least 4 members (excludes halogenated alkanes) is 1.